The Morgan fingerprint density at radius 2 is 1.71 bits per heavy atom. The van der Waals surface area contributed by atoms with E-state index in [-0.39, 0.29) is 0 Å². The maximum atomic E-state index is 3.68. The molecule has 0 amide bonds. The Morgan fingerprint density at radius 3 is 2.18 bits per heavy atom. The van der Waals surface area contributed by atoms with Crippen LogP contribution in [-0.4, -0.2) is 12.6 Å². The van der Waals surface area contributed by atoms with Gasteiger partial charge in [-0.15, -0.1) is 0 Å². The fourth-order valence-electron chi connectivity index (χ4n) is 2.27. The van der Waals surface area contributed by atoms with Crippen molar-refractivity contribution in [2.24, 2.45) is 5.92 Å². The molecular weight excluding hydrogens is 321 g/mol. The molecule has 0 fully saturated rings. The van der Waals surface area contributed by atoms with Crippen molar-refractivity contribution < 1.29 is 0 Å². The average Bonchev–Trinajstić information content (AvgIpc) is 2.29. The van der Waals surface area contributed by atoms with Crippen molar-refractivity contribution in [2.75, 3.05) is 6.54 Å². The van der Waals surface area contributed by atoms with Crippen LogP contribution in [0, 0.1) is 9.49 Å². The van der Waals surface area contributed by atoms with E-state index in [1.165, 1.54) is 15.6 Å². The Bertz CT molecular complexity index is 318. The van der Waals surface area contributed by atoms with E-state index >= 15 is 0 Å². The SMILES string of the molecule is CCCNC(C(C)C)C(C)c1ccc(I)cc1. The second kappa shape index (κ2) is 7.37. The van der Waals surface area contributed by atoms with Crippen molar-refractivity contribution >= 4 is 22.6 Å². The molecule has 1 N–H and O–H groups in total. The van der Waals surface area contributed by atoms with E-state index in [9.17, 15) is 0 Å². The van der Waals surface area contributed by atoms with Crippen LogP contribution in [0.15, 0.2) is 24.3 Å². The minimum Gasteiger partial charge on any atom is -0.313 e. The van der Waals surface area contributed by atoms with Gasteiger partial charge in [0, 0.05) is 9.61 Å². The molecule has 0 bridgehead atoms. The molecule has 17 heavy (non-hydrogen) atoms. The highest BCUT2D eigenvalue weighted by Crippen LogP contribution is 2.24. The number of nitrogens with one attached hydrogen (secondary N) is 1. The van der Waals surface area contributed by atoms with Gasteiger partial charge in [-0.1, -0.05) is 39.8 Å². The van der Waals surface area contributed by atoms with Crippen LogP contribution in [0.4, 0.5) is 0 Å². The van der Waals surface area contributed by atoms with Gasteiger partial charge in [-0.2, -0.15) is 0 Å². The number of benzene rings is 1. The smallest absolute Gasteiger partial charge is 0.0156 e. The Kier molecular flexibility index (Phi) is 6.49. The highest BCUT2D eigenvalue weighted by atomic mass is 127. The molecule has 1 aromatic rings. The molecule has 0 radical (unpaired) electrons. The summed E-state index contributed by atoms with van der Waals surface area (Å²) in [6, 6.07) is 9.48. The van der Waals surface area contributed by atoms with Crippen LogP contribution >= 0.6 is 22.6 Å². The van der Waals surface area contributed by atoms with E-state index in [0.717, 1.165) is 6.54 Å². The third kappa shape index (κ3) is 4.59. The topological polar surface area (TPSA) is 12.0 Å². The summed E-state index contributed by atoms with van der Waals surface area (Å²) in [7, 11) is 0. The van der Waals surface area contributed by atoms with Gasteiger partial charge >= 0.3 is 0 Å². The van der Waals surface area contributed by atoms with Crippen LogP contribution in [0.5, 0.6) is 0 Å². The van der Waals surface area contributed by atoms with Gasteiger partial charge in [0.15, 0.2) is 0 Å². The molecule has 0 heterocycles. The van der Waals surface area contributed by atoms with E-state index < -0.39 is 0 Å². The highest BCUT2D eigenvalue weighted by molar-refractivity contribution is 14.1. The third-order valence-electron chi connectivity index (χ3n) is 3.28. The van der Waals surface area contributed by atoms with Gasteiger partial charge in [-0.25, -0.2) is 0 Å². The first-order chi connectivity index (χ1) is 8.06. The lowest BCUT2D eigenvalue weighted by atomic mass is 9.86. The zero-order valence-corrected chi connectivity index (χ0v) is 13.5. The molecule has 0 saturated carbocycles. The van der Waals surface area contributed by atoms with E-state index in [4.69, 9.17) is 0 Å². The van der Waals surface area contributed by atoms with Crippen molar-refractivity contribution in [1.82, 2.24) is 5.32 Å². The lowest BCUT2D eigenvalue weighted by Crippen LogP contribution is -2.38. The molecule has 0 aliphatic carbocycles. The number of hydrogen-bond donors (Lipinski definition) is 1. The van der Waals surface area contributed by atoms with Gasteiger partial charge in [0.05, 0.1) is 0 Å². The molecular formula is C15H24IN. The van der Waals surface area contributed by atoms with Gasteiger partial charge in [0.1, 0.15) is 0 Å². The standard InChI is InChI=1S/C15H24IN/c1-5-10-17-15(11(2)3)12(4)13-6-8-14(16)9-7-13/h6-9,11-12,15,17H,5,10H2,1-4H3. The summed E-state index contributed by atoms with van der Waals surface area (Å²) in [5.41, 5.74) is 1.44. The molecule has 2 unspecified atom stereocenters. The van der Waals surface area contributed by atoms with E-state index in [1.54, 1.807) is 0 Å². The van der Waals surface area contributed by atoms with Crippen LogP contribution in [0.25, 0.3) is 0 Å². The maximum absolute atomic E-state index is 3.68. The summed E-state index contributed by atoms with van der Waals surface area (Å²) in [4.78, 5) is 0. The summed E-state index contributed by atoms with van der Waals surface area (Å²) >= 11 is 2.36. The summed E-state index contributed by atoms with van der Waals surface area (Å²) in [6.07, 6.45) is 1.20. The number of hydrogen-bond acceptors (Lipinski definition) is 1. The first kappa shape index (κ1) is 15.0. The zero-order valence-electron chi connectivity index (χ0n) is 11.3. The summed E-state index contributed by atoms with van der Waals surface area (Å²) in [5, 5.41) is 3.68. The van der Waals surface area contributed by atoms with Gasteiger partial charge < -0.3 is 5.32 Å². The molecule has 0 saturated heterocycles. The molecule has 1 aromatic carbocycles. The Hall–Kier alpha value is -0.0900. The van der Waals surface area contributed by atoms with E-state index in [2.05, 4.69) is 79.9 Å². The van der Waals surface area contributed by atoms with Crippen LogP contribution in [-0.2, 0) is 0 Å². The lowest BCUT2D eigenvalue weighted by molar-refractivity contribution is 0.354. The van der Waals surface area contributed by atoms with Gasteiger partial charge in [0.25, 0.3) is 0 Å². The van der Waals surface area contributed by atoms with E-state index in [1.807, 2.05) is 0 Å². The predicted octanol–water partition coefficient (Wildman–Crippen LogP) is 4.42. The molecule has 2 atom stereocenters. The first-order valence-electron chi connectivity index (χ1n) is 6.55. The van der Waals surface area contributed by atoms with Gasteiger partial charge in [0.2, 0.25) is 0 Å². The lowest BCUT2D eigenvalue weighted by Gasteiger charge is -2.29. The molecule has 1 rings (SSSR count). The second-order valence-corrected chi connectivity index (χ2v) is 6.31. The minimum absolute atomic E-state index is 0.565. The largest absolute Gasteiger partial charge is 0.313 e. The normalized spacial score (nSPS) is 14.9. The third-order valence-corrected chi connectivity index (χ3v) is 4.00. The quantitative estimate of drug-likeness (QED) is 0.753. The Morgan fingerprint density at radius 1 is 1.12 bits per heavy atom. The minimum atomic E-state index is 0.565. The number of rotatable bonds is 6. The fourth-order valence-corrected chi connectivity index (χ4v) is 2.63. The molecule has 0 aromatic heterocycles. The monoisotopic (exact) mass is 345 g/mol. The van der Waals surface area contributed by atoms with Crippen LogP contribution in [0.3, 0.4) is 0 Å². The van der Waals surface area contributed by atoms with Crippen molar-refractivity contribution in [2.45, 2.75) is 46.1 Å². The summed E-state index contributed by atoms with van der Waals surface area (Å²) < 4.78 is 1.31. The predicted molar refractivity (Wildman–Crippen MR) is 84.5 cm³/mol. The fraction of sp³-hybridized carbons (Fsp3) is 0.600. The van der Waals surface area contributed by atoms with Gasteiger partial charge in [-0.05, 0) is 65.1 Å². The van der Waals surface area contributed by atoms with Crippen LogP contribution in [0.1, 0.15) is 45.6 Å². The molecule has 0 spiro atoms. The van der Waals surface area contributed by atoms with Crippen molar-refractivity contribution in [3.63, 3.8) is 0 Å². The van der Waals surface area contributed by atoms with Crippen molar-refractivity contribution in [3.8, 4) is 0 Å². The molecule has 0 aliphatic rings. The van der Waals surface area contributed by atoms with Crippen LogP contribution in [0.2, 0.25) is 0 Å². The number of halogens is 1. The van der Waals surface area contributed by atoms with E-state index in [0.29, 0.717) is 17.9 Å². The van der Waals surface area contributed by atoms with Crippen molar-refractivity contribution in [1.29, 1.82) is 0 Å². The molecule has 96 valence electrons. The summed E-state index contributed by atoms with van der Waals surface area (Å²) in [6.45, 7) is 10.3. The molecule has 2 heteroatoms. The Labute approximate surface area is 120 Å². The zero-order chi connectivity index (χ0) is 12.8. The van der Waals surface area contributed by atoms with Crippen LogP contribution < -0.4 is 5.32 Å². The Balaban J connectivity index is 2.76. The highest BCUT2D eigenvalue weighted by Gasteiger charge is 2.21. The summed E-state index contributed by atoms with van der Waals surface area (Å²) in [5.74, 6) is 1.23. The molecule has 1 nitrogen and oxygen atoms in total. The average molecular weight is 345 g/mol. The molecule has 0 aliphatic heterocycles. The second-order valence-electron chi connectivity index (χ2n) is 5.06. The first-order valence-corrected chi connectivity index (χ1v) is 7.63. The van der Waals surface area contributed by atoms with Crippen molar-refractivity contribution in [3.05, 3.63) is 33.4 Å². The van der Waals surface area contributed by atoms with Gasteiger partial charge in [-0.3, -0.25) is 0 Å². The maximum Gasteiger partial charge on any atom is 0.0156 e.